The van der Waals surface area contributed by atoms with E-state index < -0.39 is 32.7 Å². The van der Waals surface area contributed by atoms with Crippen LogP contribution in [0.3, 0.4) is 0 Å². The fourth-order valence-electron chi connectivity index (χ4n) is 2.10. The van der Waals surface area contributed by atoms with Crippen LogP contribution in [0.1, 0.15) is 6.92 Å². The third-order valence-electron chi connectivity index (χ3n) is 3.27. The molecule has 1 atom stereocenters. The molecule has 1 saturated heterocycles. The van der Waals surface area contributed by atoms with Gasteiger partial charge in [-0.15, -0.1) is 0 Å². The highest BCUT2D eigenvalue weighted by Crippen LogP contribution is 2.14. The van der Waals surface area contributed by atoms with E-state index in [1.54, 1.807) is 7.05 Å². The van der Waals surface area contributed by atoms with Gasteiger partial charge in [0.05, 0.1) is 12.7 Å². The lowest BCUT2D eigenvalue weighted by atomic mass is 10.3. The average molecular weight is 329 g/mol. The summed E-state index contributed by atoms with van der Waals surface area (Å²) in [4.78, 5) is 25.6. The van der Waals surface area contributed by atoms with Crippen molar-refractivity contribution in [3.8, 4) is 0 Å². The summed E-state index contributed by atoms with van der Waals surface area (Å²) in [5.74, 6) is -1.67. The second kappa shape index (κ2) is 6.01. The van der Waals surface area contributed by atoms with E-state index in [2.05, 4.69) is 4.72 Å². The third kappa shape index (κ3) is 3.25. The van der Waals surface area contributed by atoms with Crippen LogP contribution < -0.4 is 4.72 Å². The molecule has 0 aliphatic carbocycles. The van der Waals surface area contributed by atoms with Crippen LogP contribution in [0.2, 0.25) is 0 Å². The van der Waals surface area contributed by atoms with E-state index in [0.717, 1.165) is 12.1 Å². The van der Waals surface area contributed by atoms with E-state index in [1.807, 2.05) is 0 Å². The van der Waals surface area contributed by atoms with Crippen LogP contribution >= 0.6 is 0 Å². The predicted molar refractivity (Wildman–Crippen MR) is 75.5 cm³/mol. The molecule has 2 rings (SSSR count). The quantitative estimate of drug-likeness (QED) is 0.825. The maximum Gasteiger partial charge on any atom is 0.244 e. The number of likely N-dealkylation sites (N-methyl/N-ethyl adjacent to an activating group) is 1. The predicted octanol–water partition coefficient (Wildman–Crippen LogP) is -0.249. The van der Waals surface area contributed by atoms with E-state index in [0.29, 0.717) is 0 Å². The van der Waals surface area contributed by atoms with Crippen molar-refractivity contribution in [3.63, 3.8) is 0 Å². The molecule has 22 heavy (non-hydrogen) atoms. The minimum absolute atomic E-state index is 0.0961. The number of hydrogen-bond donors (Lipinski definition) is 1. The molecule has 1 aliphatic heterocycles. The fraction of sp³-hybridized carbons (Fsp3) is 0.385. The lowest BCUT2D eigenvalue weighted by Gasteiger charge is -2.20. The molecule has 1 heterocycles. The maximum absolute atomic E-state index is 13.6. The average Bonchev–Trinajstić information content (AvgIpc) is 2.77. The SMILES string of the molecule is C[C@H](NS(=O)(=O)c1ccccc1F)C(=O)N1CC(=O)N(C)C1. The van der Waals surface area contributed by atoms with Gasteiger partial charge in [0.15, 0.2) is 0 Å². The monoisotopic (exact) mass is 329 g/mol. The summed E-state index contributed by atoms with van der Waals surface area (Å²) in [6.45, 7) is 1.36. The van der Waals surface area contributed by atoms with Gasteiger partial charge in [0, 0.05) is 7.05 Å². The van der Waals surface area contributed by atoms with Crippen molar-refractivity contribution in [1.29, 1.82) is 0 Å². The summed E-state index contributed by atoms with van der Waals surface area (Å²) in [5, 5.41) is 0. The molecular formula is C13H16FN3O4S. The first-order valence-electron chi connectivity index (χ1n) is 6.52. The van der Waals surface area contributed by atoms with Crippen molar-refractivity contribution < 1.29 is 22.4 Å². The standard InChI is InChI=1S/C13H16FN3O4S/c1-9(13(19)17-7-12(18)16(2)8-17)15-22(20,21)11-6-4-3-5-10(11)14/h3-6,9,15H,7-8H2,1-2H3/t9-/m0/s1. The summed E-state index contributed by atoms with van der Waals surface area (Å²) in [6.07, 6.45) is 0. The normalized spacial score (nSPS) is 17.0. The summed E-state index contributed by atoms with van der Waals surface area (Å²) < 4.78 is 39.9. The van der Waals surface area contributed by atoms with Gasteiger partial charge < -0.3 is 9.80 Å². The Kier molecular flexibility index (Phi) is 4.47. The van der Waals surface area contributed by atoms with Crippen molar-refractivity contribution in [3.05, 3.63) is 30.1 Å². The Morgan fingerprint density at radius 2 is 2.00 bits per heavy atom. The van der Waals surface area contributed by atoms with Crippen LogP contribution in [0, 0.1) is 5.82 Å². The molecular weight excluding hydrogens is 313 g/mol. The summed E-state index contributed by atoms with van der Waals surface area (Å²) in [6, 6.07) is 3.79. The van der Waals surface area contributed by atoms with E-state index in [-0.39, 0.29) is 19.1 Å². The molecule has 0 aromatic heterocycles. The molecule has 0 radical (unpaired) electrons. The van der Waals surface area contributed by atoms with E-state index in [4.69, 9.17) is 0 Å². The van der Waals surface area contributed by atoms with Gasteiger partial charge in [0.1, 0.15) is 17.3 Å². The number of carbonyl (C=O) groups excluding carboxylic acids is 2. The summed E-state index contributed by atoms with van der Waals surface area (Å²) in [5.41, 5.74) is 0. The molecule has 1 aliphatic rings. The van der Waals surface area contributed by atoms with Crippen LogP contribution in [0.25, 0.3) is 0 Å². The van der Waals surface area contributed by atoms with Gasteiger partial charge in [0.2, 0.25) is 21.8 Å². The van der Waals surface area contributed by atoms with Gasteiger partial charge in [-0.25, -0.2) is 12.8 Å². The molecule has 120 valence electrons. The molecule has 1 N–H and O–H groups in total. The number of benzene rings is 1. The number of rotatable bonds is 4. The largest absolute Gasteiger partial charge is 0.326 e. The van der Waals surface area contributed by atoms with Crippen LogP contribution in [-0.4, -0.2) is 56.3 Å². The first-order chi connectivity index (χ1) is 10.2. The van der Waals surface area contributed by atoms with E-state index in [9.17, 15) is 22.4 Å². The zero-order valence-corrected chi connectivity index (χ0v) is 12.9. The highest BCUT2D eigenvalue weighted by molar-refractivity contribution is 7.89. The second-order valence-electron chi connectivity index (χ2n) is 5.04. The number of hydrogen-bond acceptors (Lipinski definition) is 4. The number of nitrogens with one attached hydrogen (secondary N) is 1. The molecule has 7 nitrogen and oxygen atoms in total. The highest BCUT2D eigenvalue weighted by Gasteiger charge is 2.33. The first kappa shape index (κ1) is 16.4. The summed E-state index contributed by atoms with van der Waals surface area (Å²) in [7, 11) is -2.62. The number of halogens is 1. The van der Waals surface area contributed by atoms with E-state index in [1.165, 1.54) is 28.9 Å². The Hall–Kier alpha value is -2.00. The summed E-state index contributed by atoms with van der Waals surface area (Å²) >= 11 is 0. The molecule has 1 aromatic carbocycles. The van der Waals surface area contributed by atoms with Gasteiger partial charge in [-0.05, 0) is 19.1 Å². The van der Waals surface area contributed by atoms with Gasteiger partial charge in [-0.1, -0.05) is 12.1 Å². The Labute approximate surface area is 127 Å². The van der Waals surface area contributed by atoms with E-state index >= 15 is 0 Å². The molecule has 9 heteroatoms. The van der Waals surface area contributed by atoms with Crippen molar-refractivity contribution in [2.24, 2.45) is 0 Å². The topological polar surface area (TPSA) is 86.8 Å². The van der Waals surface area contributed by atoms with Gasteiger partial charge in [-0.3, -0.25) is 9.59 Å². The molecule has 2 amide bonds. The number of nitrogens with zero attached hydrogens (tertiary/aromatic N) is 2. The van der Waals surface area contributed by atoms with Crippen LogP contribution in [-0.2, 0) is 19.6 Å². The van der Waals surface area contributed by atoms with Crippen molar-refractivity contribution in [1.82, 2.24) is 14.5 Å². The highest BCUT2D eigenvalue weighted by atomic mass is 32.2. The number of amides is 2. The molecule has 1 aromatic rings. The van der Waals surface area contributed by atoms with Crippen molar-refractivity contribution in [2.45, 2.75) is 17.9 Å². The van der Waals surface area contributed by atoms with Crippen LogP contribution in [0.5, 0.6) is 0 Å². The first-order valence-corrected chi connectivity index (χ1v) is 8.00. The zero-order chi connectivity index (χ0) is 16.5. The Morgan fingerprint density at radius 1 is 1.36 bits per heavy atom. The molecule has 0 spiro atoms. The molecule has 0 bridgehead atoms. The van der Waals surface area contributed by atoms with Gasteiger partial charge >= 0.3 is 0 Å². The van der Waals surface area contributed by atoms with Crippen molar-refractivity contribution in [2.75, 3.05) is 20.3 Å². The Morgan fingerprint density at radius 3 is 2.55 bits per heavy atom. The minimum atomic E-state index is -4.16. The molecule has 1 fully saturated rings. The minimum Gasteiger partial charge on any atom is -0.326 e. The molecule has 0 saturated carbocycles. The third-order valence-corrected chi connectivity index (χ3v) is 4.85. The van der Waals surface area contributed by atoms with Gasteiger partial charge in [0.25, 0.3) is 0 Å². The zero-order valence-electron chi connectivity index (χ0n) is 12.1. The number of sulfonamides is 1. The Balaban J connectivity index is 2.11. The van der Waals surface area contributed by atoms with Crippen LogP contribution in [0.15, 0.2) is 29.2 Å². The Bertz CT molecular complexity index is 707. The van der Waals surface area contributed by atoms with Crippen molar-refractivity contribution >= 4 is 21.8 Å². The number of carbonyl (C=O) groups is 2. The smallest absolute Gasteiger partial charge is 0.244 e. The van der Waals surface area contributed by atoms with Crippen LogP contribution in [0.4, 0.5) is 4.39 Å². The lowest BCUT2D eigenvalue weighted by Crippen LogP contribution is -2.46. The van der Waals surface area contributed by atoms with Gasteiger partial charge in [-0.2, -0.15) is 4.72 Å². The second-order valence-corrected chi connectivity index (χ2v) is 6.73. The fourth-order valence-corrected chi connectivity index (χ4v) is 3.38. The molecule has 0 unspecified atom stereocenters. The lowest BCUT2D eigenvalue weighted by molar-refractivity contribution is -0.132. The maximum atomic E-state index is 13.6.